The SMILES string of the molecule is C=C1C(C)=CN/C1=N/C(C)OCCN. The van der Waals surface area contributed by atoms with Crippen LogP contribution in [0.3, 0.4) is 0 Å². The van der Waals surface area contributed by atoms with Crippen LogP contribution in [0.15, 0.2) is 28.9 Å². The quantitative estimate of drug-likeness (QED) is 0.696. The number of nitrogens with zero attached hydrogens (tertiary/aromatic N) is 1. The van der Waals surface area contributed by atoms with E-state index in [9.17, 15) is 0 Å². The average Bonchev–Trinajstić information content (AvgIpc) is 2.46. The number of rotatable bonds is 4. The summed E-state index contributed by atoms with van der Waals surface area (Å²) in [5.74, 6) is 0.784. The molecule has 1 heterocycles. The first kappa shape index (κ1) is 10.9. The largest absolute Gasteiger partial charge is 0.355 e. The molecule has 1 aliphatic rings. The summed E-state index contributed by atoms with van der Waals surface area (Å²) in [7, 11) is 0. The van der Waals surface area contributed by atoms with Gasteiger partial charge in [0.05, 0.1) is 6.61 Å². The lowest BCUT2D eigenvalue weighted by molar-refractivity contribution is 0.0784. The zero-order valence-corrected chi connectivity index (χ0v) is 8.71. The van der Waals surface area contributed by atoms with E-state index in [0.29, 0.717) is 13.2 Å². The summed E-state index contributed by atoms with van der Waals surface area (Å²) in [6.07, 6.45) is 1.70. The Morgan fingerprint density at radius 2 is 2.43 bits per heavy atom. The highest BCUT2D eigenvalue weighted by molar-refractivity contribution is 6.04. The minimum atomic E-state index is -0.183. The molecule has 1 unspecified atom stereocenters. The number of amidine groups is 1. The molecule has 3 N–H and O–H groups in total. The van der Waals surface area contributed by atoms with Gasteiger partial charge in [-0.1, -0.05) is 6.58 Å². The Bertz CT molecular complexity index is 281. The van der Waals surface area contributed by atoms with Crippen LogP contribution in [0.4, 0.5) is 0 Å². The molecule has 1 rings (SSSR count). The van der Waals surface area contributed by atoms with Crippen LogP contribution >= 0.6 is 0 Å². The van der Waals surface area contributed by atoms with Crippen molar-refractivity contribution in [3.63, 3.8) is 0 Å². The third kappa shape index (κ3) is 2.68. The number of hydrogen-bond donors (Lipinski definition) is 2. The standard InChI is InChI=1S/C10H17N3O/c1-7-6-12-10(8(7)2)13-9(3)14-5-4-11/h6,9H,2,4-5,11H2,1,3H3,(H,12,13). The smallest absolute Gasteiger partial charge is 0.147 e. The van der Waals surface area contributed by atoms with Crippen LogP contribution in [0.1, 0.15) is 13.8 Å². The van der Waals surface area contributed by atoms with Gasteiger partial charge in [0.15, 0.2) is 0 Å². The monoisotopic (exact) mass is 195 g/mol. The first-order valence-electron chi connectivity index (χ1n) is 4.67. The third-order valence-electron chi connectivity index (χ3n) is 1.98. The second-order valence-electron chi connectivity index (χ2n) is 3.19. The Morgan fingerprint density at radius 1 is 1.71 bits per heavy atom. The van der Waals surface area contributed by atoms with Gasteiger partial charge >= 0.3 is 0 Å². The molecule has 1 aliphatic heterocycles. The van der Waals surface area contributed by atoms with Gasteiger partial charge in [-0.25, -0.2) is 4.99 Å². The molecule has 0 bridgehead atoms. The molecular formula is C10H17N3O. The van der Waals surface area contributed by atoms with Gasteiger partial charge in [-0.2, -0.15) is 0 Å². The number of ether oxygens (including phenoxy) is 1. The van der Waals surface area contributed by atoms with Crippen LogP contribution in [-0.2, 0) is 4.74 Å². The molecule has 78 valence electrons. The normalized spacial score (nSPS) is 20.9. The van der Waals surface area contributed by atoms with Crippen LogP contribution in [0.5, 0.6) is 0 Å². The zero-order chi connectivity index (χ0) is 10.6. The van der Waals surface area contributed by atoms with Crippen LogP contribution in [0.25, 0.3) is 0 Å². The molecule has 0 fully saturated rings. The van der Waals surface area contributed by atoms with Gasteiger partial charge in [-0.15, -0.1) is 0 Å². The van der Waals surface area contributed by atoms with Gasteiger partial charge < -0.3 is 15.8 Å². The molecule has 14 heavy (non-hydrogen) atoms. The topological polar surface area (TPSA) is 59.6 Å². The summed E-state index contributed by atoms with van der Waals surface area (Å²) in [6, 6.07) is 0. The molecule has 0 saturated heterocycles. The van der Waals surface area contributed by atoms with E-state index >= 15 is 0 Å². The van der Waals surface area contributed by atoms with Gasteiger partial charge in [0.1, 0.15) is 12.1 Å². The summed E-state index contributed by atoms with van der Waals surface area (Å²) in [4.78, 5) is 4.32. The van der Waals surface area contributed by atoms with Crippen molar-refractivity contribution in [1.82, 2.24) is 5.32 Å². The summed E-state index contributed by atoms with van der Waals surface area (Å²) in [5.41, 5.74) is 7.35. The number of nitrogens with two attached hydrogens (primary N) is 1. The van der Waals surface area contributed by atoms with E-state index < -0.39 is 0 Å². The minimum Gasteiger partial charge on any atom is -0.355 e. The van der Waals surface area contributed by atoms with Gasteiger partial charge in [-0.3, -0.25) is 0 Å². The second kappa shape index (κ2) is 4.93. The fraction of sp³-hybridized carbons (Fsp3) is 0.500. The van der Waals surface area contributed by atoms with E-state index in [1.54, 1.807) is 0 Å². The Balaban J connectivity index is 2.50. The van der Waals surface area contributed by atoms with Crippen LogP contribution in [-0.4, -0.2) is 25.2 Å². The predicted octanol–water partition coefficient (Wildman–Crippen LogP) is 0.769. The number of hydrogen-bond acceptors (Lipinski definition) is 3. The van der Waals surface area contributed by atoms with Crippen LogP contribution < -0.4 is 11.1 Å². The van der Waals surface area contributed by atoms with Gasteiger partial charge in [0.25, 0.3) is 0 Å². The molecular weight excluding hydrogens is 178 g/mol. The van der Waals surface area contributed by atoms with Gasteiger partial charge in [0, 0.05) is 18.3 Å². The highest BCUT2D eigenvalue weighted by Gasteiger charge is 2.13. The molecule has 4 heteroatoms. The maximum absolute atomic E-state index is 5.32. The van der Waals surface area contributed by atoms with Crippen molar-refractivity contribution in [3.8, 4) is 0 Å². The van der Waals surface area contributed by atoms with E-state index in [-0.39, 0.29) is 6.23 Å². The fourth-order valence-corrected chi connectivity index (χ4v) is 1.11. The minimum absolute atomic E-state index is 0.183. The van der Waals surface area contributed by atoms with Crippen molar-refractivity contribution in [3.05, 3.63) is 23.9 Å². The average molecular weight is 195 g/mol. The summed E-state index contributed by atoms with van der Waals surface area (Å²) >= 11 is 0. The molecule has 0 aliphatic carbocycles. The summed E-state index contributed by atoms with van der Waals surface area (Å²) < 4.78 is 5.32. The van der Waals surface area contributed by atoms with E-state index in [1.807, 2.05) is 20.0 Å². The van der Waals surface area contributed by atoms with Crippen molar-refractivity contribution in [1.29, 1.82) is 0 Å². The molecule has 0 amide bonds. The lowest BCUT2D eigenvalue weighted by Gasteiger charge is -2.09. The maximum atomic E-state index is 5.32. The van der Waals surface area contributed by atoms with Crippen molar-refractivity contribution in [2.45, 2.75) is 20.1 Å². The molecule has 4 nitrogen and oxygen atoms in total. The first-order valence-corrected chi connectivity index (χ1v) is 4.67. The van der Waals surface area contributed by atoms with Gasteiger partial charge in [-0.05, 0) is 19.4 Å². The lowest BCUT2D eigenvalue weighted by atomic mass is 10.2. The Hall–Kier alpha value is -1.13. The van der Waals surface area contributed by atoms with E-state index in [4.69, 9.17) is 10.5 Å². The Kier molecular flexibility index (Phi) is 3.85. The maximum Gasteiger partial charge on any atom is 0.147 e. The molecule has 0 radical (unpaired) electrons. The molecule has 0 spiro atoms. The van der Waals surface area contributed by atoms with Crippen LogP contribution in [0.2, 0.25) is 0 Å². The number of aliphatic imine (C=N–C) groups is 1. The summed E-state index contributed by atoms with van der Waals surface area (Å²) in [5, 5.41) is 3.04. The summed E-state index contributed by atoms with van der Waals surface area (Å²) in [6.45, 7) is 8.82. The second-order valence-corrected chi connectivity index (χ2v) is 3.19. The predicted molar refractivity (Wildman–Crippen MR) is 57.9 cm³/mol. The molecule has 0 saturated carbocycles. The van der Waals surface area contributed by atoms with E-state index in [2.05, 4.69) is 16.9 Å². The first-order chi connectivity index (χ1) is 6.65. The van der Waals surface area contributed by atoms with Crippen molar-refractivity contribution in [2.75, 3.05) is 13.2 Å². The highest BCUT2D eigenvalue weighted by atomic mass is 16.5. The van der Waals surface area contributed by atoms with E-state index in [1.165, 1.54) is 0 Å². The lowest BCUT2D eigenvalue weighted by Crippen LogP contribution is -2.19. The Labute approximate surface area is 84.5 Å². The Morgan fingerprint density at radius 3 is 2.93 bits per heavy atom. The number of nitrogens with one attached hydrogen (secondary N) is 1. The zero-order valence-electron chi connectivity index (χ0n) is 8.71. The van der Waals surface area contributed by atoms with Crippen molar-refractivity contribution >= 4 is 5.84 Å². The van der Waals surface area contributed by atoms with E-state index in [0.717, 1.165) is 17.0 Å². The van der Waals surface area contributed by atoms with Crippen LogP contribution in [0, 0.1) is 0 Å². The van der Waals surface area contributed by atoms with Crippen molar-refractivity contribution in [2.24, 2.45) is 10.7 Å². The fourth-order valence-electron chi connectivity index (χ4n) is 1.11. The van der Waals surface area contributed by atoms with Crippen molar-refractivity contribution < 1.29 is 4.74 Å². The molecule has 0 aromatic heterocycles. The molecule has 0 aromatic rings. The van der Waals surface area contributed by atoms with Gasteiger partial charge in [0.2, 0.25) is 0 Å². The third-order valence-corrected chi connectivity index (χ3v) is 1.98. The molecule has 1 atom stereocenters. The highest BCUT2D eigenvalue weighted by Crippen LogP contribution is 2.13. The molecule has 0 aromatic carbocycles.